The summed E-state index contributed by atoms with van der Waals surface area (Å²) in [5.41, 5.74) is 4.84. The quantitative estimate of drug-likeness (QED) is 0.901. The third-order valence-corrected chi connectivity index (χ3v) is 3.56. The van der Waals surface area contributed by atoms with Gasteiger partial charge in [0.25, 0.3) is 5.91 Å². The molecule has 7 heteroatoms. The zero-order valence-electron chi connectivity index (χ0n) is 11.5. The van der Waals surface area contributed by atoms with Crippen molar-refractivity contribution < 1.29 is 22.7 Å². The van der Waals surface area contributed by atoms with Crippen LogP contribution in [0.3, 0.4) is 0 Å². The lowest BCUT2D eigenvalue weighted by Crippen LogP contribution is -2.30. The highest BCUT2D eigenvalue weighted by Gasteiger charge is 2.34. The van der Waals surface area contributed by atoms with E-state index in [1.54, 1.807) is 0 Å². The molecule has 1 aromatic rings. The van der Waals surface area contributed by atoms with Crippen LogP contribution in [0.15, 0.2) is 18.2 Å². The summed E-state index contributed by atoms with van der Waals surface area (Å²) in [6, 6.07) is 3.70. The largest absolute Gasteiger partial charge is 0.416 e. The van der Waals surface area contributed by atoms with Gasteiger partial charge in [-0.1, -0.05) is 6.07 Å². The Morgan fingerprint density at radius 2 is 2.14 bits per heavy atom. The van der Waals surface area contributed by atoms with Gasteiger partial charge in [0, 0.05) is 12.2 Å². The average molecular weight is 302 g/mol. The molecule has 1 aromatic carbocycles. The average Bonchev–Trinajstić information content (AvgIpc) is 2.88. The summed E-state index contributed by atoms with van der Waals surface area (Å²) in [4.78, 5) is 12.0. The molecule has 0 radical (unpaired) electrons. The van der Waals surface area contributed by atoms with Crippen molar-refractivity contribution in [1.82, 2.24) is 0 Å². The van der Waals surface area contributed by atoms with Crippen molar-refractivity contribution in [3.8, 4) is 0 Å². The Bertz CT molecular complexity index is 531. The monoisotopic (exact) mass is 302 g/mol. The van der Waals surface area contributed by atoms with E-state index in [9.17, 15) is 18.0 Å². The van der Waals surface area contributed by atoms with Crippen LogP contribution in [-0.2, 0) is 15.7 Å². The normalized spacial score (nSPS) is 22.3. The number of ether oxygens (including phenoxy) is 1. The van der Waals surface area contributed by atoms with Crippen molar-refractivity contribution in [1.29, 1.82) is 0 Å². The second-order valence-electron chi connectivity index (χ2n) is 5.02. The lowest BCUT2D eigenvalue weighted by Gasteiger charge is -2.17. The van der Waals surface area contributed by atoms with Crippen LogP contribution in [0.5, 0.6) is 0 Å². The molecule has 2 rings (SSSR count). The number of amides is 1. The van der Waals surface area contributed by atoms with Gasteiger partial charge < -0.3 is 15.8 Å². The molecule has 0 bridgehead atoms. The van der Waals surface area contributed by atoms with E-state index in [2.05, 4.69) is 5.32 Å². The predicted octanol–water partition coefficient (Wildman–Crippen LogP) is 2.46. The Morgan fingerprint density at radius 1 is 1.43 bits per heavy atom. The number of nitrogens with one attached hydrogen (secondary N) is 1. The Hall–Kier alpha value is -1.60. The molecule has 1 fully saturated rings. The maximum absolute atomic E-state index is 12.8. The molecule has 2 atom stereocenters. The van der Waals surface area contributed by atoms with Crippen molar-refractivity contribution >= 4 is 11.6 Å². The zero-order chi connectivity index (χ0) is 15.6. The molecule has 1 saturated heterocycles. The maximum Gasteiger partial charge on any atom is 0.416 e. The summed E-state index contributed by atoms with van der Waals surface area (Å²) < 4.78 is 43.9. The molecular weight excluding hydrogens is 285 g/mol. The van der Waals surface area contributed by atoms with Crippen LogP contribution in [0.2, 0.25) is 0 Å². The number of halogens is 3. The van der Waals surface area contributed by atoms with Crippen LogP contribution in [0.25, 0.3) is 0 Å². The molecule has 116 valence electrons. The SMILES string of the molecule is Cc1c(NC(=O)[C@@H]2CC[C@H](CN)O2)cccc1C(F)(F)F. The maximum atomic E-state index is 12.8. The van der Waals surface area contributed by atoms with E-state index in [0.29, 0.717) is 19.4 Å². The van der Waals surface area contributed by atoms with E-state index in [4.69, 9.17) is 10.5 Å². The highest BCUT2D eigenvalue weighted by molar-refractivity contribution is 5.95. The molecule has 0 saturated carbocycles. The van der Waals surface area contributed by atoms with Crippen LogP contribution < -0.4 is 11.1 Å². The first-order valence-electron chi connectivity index (χ1n) is 6.66. The first-order chi connectivity index (χ1) is 9.82. The van der Waals surface area contributed by atoms with Crippen molar-refractivity contribution in [2.24, 2.45) is 5.73 Å². The van der Waals surface area contributed by atoms with Gasteiger partial charge in [-0.2, -0.15) is 13.2 Å². The fourth-order valence-corrected chi connectivity index (χ4v) is 2.36. The number of rotatable bonds is 3. The van der Waals surface area contributed by atoms with Gasteiger partial charge in [-0.25, -0.2) is 0 Å². The van der Waals surface area contributed by atoms with Crippen LogP contribution >= 0.6 is 0 Å². The van der Waals surface area contributed by atoms with Crippen molar-refractivity contribution in [3.63, 3.8) is 0 Å². The van der Waals surface area contributed by atoms with Crippen LogP contribution in [0, 0.1) is 6.92 Å². The summed E-state index contributed by atoms with van der Waals surface area (Å²) in [6.45, 7) is 1.66. The fourth-order valence-electron chi connectivity index (χ4n) is 2.36. The molecular formula is C14H17F3N2O2. The van der Waals surface area contributed by atoms with Gasteiger partial charge in [0.05, 0.1) is 11.7 Å². The smallest absolute Gasteiger partial charge is 0.364 e. The van der Waals surface area contributed by atoms with Gasteiger partial charge in [-0.15, -0.1) is 0 Å². The Labute approximate surface area is 120 Å². The van der Waals surface area contributed by atoms with Gasteiger partial charge in [0.2, 0.25) is 0 Å². The summed E-state index contributed by atoms with van der Waals surface area (Å²) >= 11 is 0. The number of carbonyl (C=O) groups is 1. The van der Waals surface area contributed by atoms with Gasteiger partial charge >= 0.3 is 6.18 Å². The number of nitrogens with two attached hydrogens (primary N) is 1. The fraction of sp³-hybridized carbons (Fsp3) is 0.500. The summed E-state index contributed by atoms with van der Waals surface area (Å²) in [7, 11) is 0. The lowest BCUT2D eigenvalue weighted by atomic mass is 10.1. The number of anilines is 1. The molecule has 1 aliphatic heterocycles. The summed E-state index contributed by atoms with van der Waals surface area (Å²) in [5.74, 6) is -0.437. The van der Waals surface area contributed by atoms with Gasteiger partial charge in [0.15, 0.2) is 0 Å². The second kappa shape index (κ2) is 6.03. The molecule has 4 nitrogen and oxygen atoms in total. The van der Waals surface area contributed by atoms with Crippen LogP contribution in [-0.4, -0.2) is 24.7 Å². The van der Waals surface area contributed by atoms with E-state index in [1.165, 1.54) is 19.1 Å². The first-order valence-corrected chi connectivity index (χ1v) is 6.66. The zero-order valence-corrected chi connectivity index (χ0v) is 11.5. The van der Waals surface area contributed by atoms with Crippen LogP contribution in [0.4, 0.5) is 18.9 Å². The molecule has 21 heavy (non-hydrogen) atoms. The lowest BCUT2D eigenvalue weighted by molar-refractivity contribution is -0.138. The van der Waals surface area contributed by atoms with E-state index in [0.717, 1.165) is 6.07 Å². The van der Waals surface area contributed by atoms with Crippen LogP contribution in [0.1, 0.15) is 24.0 Å². The van der Waals surface area contributed by atoms with Crippen molar-refractivity contribution in [3.05, 3.63) is 29.3 Å². The topological polar surface area (TPSA) is 64.4 Å². The highest BCUT2D eigenvalue weighted by atomic mass is 19.4. The van der Waals surface area contributed by atoms with Crippen molar-refractivity contribution in [2.75, 3.05) is 11.9 Å². The molecule has 1 amide bonds. The van der Waals surface area contributed by atoms with E-state index in [1.807, 2.05) is 0 Å². The van der Waals surface area contributed by atoms with Gasteiger partial charge in [0.1, 0.15) is 6.10 Å². The molecule has 0 aliphatic carbocycles. The second-order valence-corrected chi connectivity index (χ2v) is 5.02. The Balaban J connectivity index is 2.12. The number of hydrogen-bond acceptors (Lipinski definition) is 3. The number of benzene rings is 1. The predicted molar refractivity (Wildman–Crippen MR) is 71.8 cm³/mol. The third-order valence-electron chi connectivity index (χ3n) is 3.56. The standard InChI is InChI=1S/C14H17F3N2O2/c1-8-10(14(15,16)17)3-2-4-11(8)19-13(20)12-6-5-9(7-18)21-12/h2-4,9,12H,5-7,18H2,1H3,(H,19,20)/t9-,12+/m1/s1. The highest BCUT2D eigenvalue weighted by Crippen LogP contribution is 2.34. The number of carbonyl (C=O) groups excluding carboxylic acids is 1. The Kier molecular flexibility index (Phi) is 4.53. The Morgan fingerprint density at radius 3 is 2.71 bits per heavy atom. The molecule has 0 spiro atoms. The summed E-state index contributed by atoms with van der Waals surface area (Å²) in [5, 5.41) is 2.50. The van der Waals surface area contributed by atoms with E-state index in [-0.39, 0.29) is 17.4 Å². The minimum absolute atomic E-state index is 0.00767. The molecule has 1 heterocycles. The first kappa shape index (κ1) is 15.8. The number of hydrogen-bond donors (Lipinski definition) is 2. The van der Waals surface area contributed by atoms with E-state index < -0.39 is 23.8 Å². The van der Waals surface area contributed by atoms with E-state index >= 15 is 0 Å². The number of alkyl halides is 3. The third kappa shape index (κ3) is 3.54. The van der Waals surface area contributed by atoms with Gasteiger partial charge in [-0.05, 0) is 37.5 Å². The van der Waals surface area contributed by atoms with Crippen molar-refractivity contribution in [2.45, 2.75) is 38.1 Å². The minimum atomic E-state index is -4.45. The molecule has 0 unspecified atom stereocenters. The summed E-state index contributed by atoms with van der Waals surface area (Å²) in [6.07, 6.45) is -4.07. The molecule has 0 aromatic heterocycles. The molecule has 1 aliphatic rings. The minimum Gasteiger partial charge on any atom is -0.364 e. The van der Waals surface area contributed by atoms with Gasteiger partial charge in [-0.3, -0.25) is 4.79 Å². The molecule has 3 N–H and O–H groups in total.